The second kappa shape index (κ2) is 2.23. The smallest absolute Gasteiger partial charge is 0.214 e. The summed E-state index contributed by atoms with van der Waals surface area (Å²) in [5.74, 6) is -0.517. The van der Waals surface area contributed by atoms with Gasteiger partial charge in [0.15, 0.2) is 5.65 Å². The third-order valence-corrected chi connectivity index (χ3v) is 1.33. The van der Waals surface area contributed by atoms with Crippen LogP contribution in [0.4, 0.5) is 4.39 Å². The molecule has 4 heteroatoms. The summed E-state index contributed by atoms with van der Waals surface area (Å²) in [7, 11) is 0. The van der Waals surface area contributed by atoms with Gasteiger partial charge < -0.3 is 0 Å². The van der Waals surface area contributed by atoms with Gasteiger partial charge in [0, 0.05) is 11.6 Å². The van der Waals surface area contributed by atoms with Crippen molar-refractivity contribution in [1.29, 1.82) is 0 Å². The van der Waals surface area contributed by atoms with Crippen molar-refractivity contribution in [3.63, 3.8) is 0 Å². The molecule has 0 spiro atoms. The third kappa shape index (κ3) is 1.02. The largest absolute Gasteiger partial charge is 0.244 e. The van der Waals surface area contributed by atoms with E-state index in [1.807, 2.05) is 0 Å². The molecule has 11 heavy (non-hydrogen) atoms. The highest BCUT2D eigenvalue weighted by molar-refractivity contribution is 5.72. The molecule has 0 N–H and O–H groups in total. The van der Waals surface area contributed by atoms with Crippen LogP contribution in [0.15, 0.2) is 24.7 Å². The maximum Gasteiger partial charge on any atom is 0.214 e. The summed E-state index contributed by atoms with van der Waals surface area (Å²) >= 11 is 0. The van der Waals surface area contributed by atoms with E-state index in [0.717, 1.165) is 5.39 Å². The first-order valence-corrected chi connectivity index (χ1v) is 3.08. The van der Waals surface area contributed by atoms with Crippen LogP contribution in [0.25, 0.3) is 11.0 Å². The number of hydrogen-bond acceptors (Lipinski definition) is 3. The lowest BCUT2D eigenvalue weighted by Crippen LogP contribution is -1.87. The SMILES string of the molecule is Fc1ccc2cncnc2n1. The summed E-state index contributed by atoms with van der Waals surface area (Å²) < 4.78 is 12.5. The van der Waals surface area contributed by atoms with Crippen molar-refractivity contribution in [1.82, 2.24) is 15.0 Å². The van der Waals surface area contributed by atoms with Crippen LogP contribution in [0.1, 0.15) is 0 Å². The quantitative estimate of drug-likeness (QED) is 0.527. The first kappa shape index (κ1) is 6.15. The van der Waals surface area contributed by atoms with Crippen molar-refractivity contribution in [3.8, 4) is 0 Å². The topological polar surface area (TPSA) is 38.7 Å². The summed E-state index contributed by atoms with van der Waals surface area (Å²) in [6, 6.07) is 2.88. The van der Waals surface area contributed by atoms with Crippen LogP contribution in [-0.4, -0.2) is 15.0 Å². The maximum atomic E-state index is 12.5. The molecule has 0 aliphatic rings. The Bertz CT molecular complexity index is 388. The summed E-state index contributed by atoms with van der Waals surface area (Å²) in [6.07, 6.45) is 2.93. The molecule has 0 saturated carbocycles. The highest BCUT2D eigenvalue weighted by Crippen LogP contribution is 2.05. The minimum atomic E-state index is -0.517. The molecule has 2 heterocycles. The normalized spacial score (nSPS) is 10.3. The van der Waals surface area contributed by atoms with Crippen molar-refractivity contribution in [2.24, 2.45) is 0 Å². The van der Waals surface area contributed by atoms with Crippen molar-refractivity contribution >= 4 is 11.0 Å². The van der Waals surface area contributed by atoms with Crippen LogP contribution >= 0.6 is 0 Å². The van der Waals surface area contributed by atoms with E-state index in [0.29, 0.717) is 5.65 Å². The summed E-state index contributed by atoms with van der Waals surface area (Å²) in [5, 5.41) is 0.744. The summed E-state index contributed by atoms with van der Waals surface area (Å²) in [6.45, 7) is 0. The highest BCUT2D eigenvalue weighted by atomic mass is 19.1. The van der Waals surface area contributed by atoms with E-state index in [9.17, 15) is 4.39 Å². The fourth-order valence-electron chi connectivity index (χ4n) is 0.842. The van der Waals surface area contributed by atoms with Crippen molar-refractivity contribution in [2.75, 3.05) is 0 Å². The predicted molar refractivity (Wildman–Crippen MR) is 37.3 cm³/mol. The molecule has 0 radical (unpaired) electrons. The van der Waals surface area contributed by atoms with E-state index in [1.54, 1.807) is 12.3 Å². The second-order valence-corrected chi connectivity index (χ2v) is 2.07. The second-order valence-electron chi connectivity index (χ2n) is 2.07. The fourth-order valence-corrected chi connectivity index (χ4v) is 0.842. The molecule has 0 aliphatic carbocycles. The van der Waals surface area contributed by atoms with Gasteiger partial charge in [-0.25, -0.2) is 9.97 Å². The molecular formula is C7H4FN3. The Kier molecular flexibility index (Phi) is 1.25. The summed E-state index contributed by atoms with van der Waals surface area (Å²) in [5.41, 5.74) is 0.389. The number of rotatable bonds is 0. The Morgan fingerprint density at radius 2 is 2.18 bits per heavy atom. The zero-order valence-corrected chi connectivity index (χ0v) is 5.53. The molecule has 2 aromatic rings. The third-order valence-electron chi connectivity index (χ3n) is 1.33. The van der Waals surface area contributed by atoms with Gasteiger partial charge >= 0.3 is 0 Å². The Labute approximate surface area is 61.9 Å². The molecule has 2 aromatic heterocycles. The molecule has 0 fully saturated rings. The zero-order chi connectivity index (χ0) is 7.68. The monoisotopic (exact) mass is 149 g/mol. The van der Waals surface area contributed by atoms with E-state index in [-0.39, 0.29) is 0 Å². The number of hydrogen-bond donors (Lipinski definition) is 0. The van der Waals surface area contributed by atoms with Gasteiger partial charge in [-0.15, -0.1) is 0 Å². The predicted octanol–water partition coefficient (Wildman–Crippen LogP) is 1.16. The van der Waals surface area contributed by atoms with E-state index in [1.165, 1.54) is 12.4 Å². The minimum Gasteiger partial charge on any atom is -0.244 e. The average Bonchev–Trinajstić information content (AvgIpc) is 2.04. The molecular weight excluding hydrogens is 145 g/mol. The van der Waals surface area contributed by atoms with Gasteiger partial charge in [0.05, 0.1) is 0 Å². The molecule has 0 bridgehead atoms. The molecule has 0 saturated heterocycles. The Balaban J connectivity index is 2.83. The lowest BCUT2D eigenvalue weighted by atomic mass is 10.3. The lowest BCUT2D eigenvalue weighted by molar-refractivity contribution is 0.588. The molecule has 0 amide bonds. The first-order chi connectivity index (χ1) is 5.36. The van der Waals surface area contributed by atoms with Crippen LogP contribution in [-0.2, 0) is 0 Å². The molecule has 0 aliphatic heterocycles. The molecule has 54 valence electrons. The van der Waals surface area contributed by atoms with Gasteiger partial charge in [-0.1, -0.05) is 0 Å². The molecule has 0 atom stereocenters. The van der Waals surface area contributed by atoms with Gasteiger partial charge in [-0.3, -0.25) is 0 Å². The number of halogens is 1. The van der Waals surface area contributed by atoms with Gasteiger partial charge in [-0.2, -0.15) is 9.37 Å². The van der Waals surface area contributed by atoms with Gasteiger partial charge in [0.25, 0.3) is 0 Å². The number of nitrogens with zero attached hydrogens (tertiary/aromatic N) is 3. The van der Waals surface area contributed by atoms with Gasteiger partial charge in [0.2, 0.25) is 5.95 Å². The number of fused-ring (bicyclic) bond motifs is 1. The molecule has 0 aromatic carbocycles. The van der Waals surface area contributed by atoms with Gasteiger partial charge in [0.1, 0.15) is 6.33 Å². The van der Waals surface area contributed by atoms with E-state index >= 15 is 0 Å². The van der Waals surface area contributed by atoms with Crippen molar-refractivity contribution in [2.45, 2.75) is 0 Å². The Morgan fingerprint density at radius 1 is 1.27 bits per heavy atom. The van der Waals surface area contributed by atoms with E-state index < -0.39 is 5.95 Å². The first-order valence-electron chi connectivity index (χ1n) is 3.08. The van der Waals surface area contributed by atoms with Gasteiger partial charge in [-0.05, 0) is 12.1 Å². The molecule has 3 nitrogen and oxygen atoms in total. The molecule has 2 rings (SSSR count). The average molecular weight is 149 g/mol. The Hall–Kier alpha value is -1.58. The van der Waals surface area contributed by atoms with Crippen molar-refractivity contribution in [3.05, 3.63) is 30.6 Å². The van der Waals surface area contributed by atoms with Crippen LogP contribution in [0.5, 0.6) is 0 Å². The van der Waals surface area contributed by atoms with Crippen LogP contribution in [0.3, 0.4) is 0 Å². The van der Waals surface area contributed by atoms with Crippen LogP contribution in [0.2, 0.25) is 0 Å². The maximum absolute atomic E-state index is 12.5. The van der Waals surface area contributed by atoms with E-state index in [2.05, 4.69) is 15.0 Å². The minimum absolute atomic E-state index is 0.389. The summed E-state index contributed by atoms with van der Waals surface area (Å²) in [4.78, 5) is 11.1. The standard InChI is InChI=1S/C7H4FN3/c8-6-2-1-5-3-9-4-10-7(5)11-6/h1-4H. The Morgan fingerprint density at radius 3 is 3.09 bits per heavy atom. The van der Waals surface area contributed by atoms with Crippen molar-refractivity contribution < 1.29 is 4.39 Å². The zero-order valence-electron chi connectivity index (χ0n) is 5.53. The number of aromatic nitrogens is 3. The number of pyridine rings is 1. The molecule has 0 unspecified atom stereocenters. The highest BCUT2D eigenvalue weighted by Gasteiger charge is 1.95. The van der Waals surface area contributed by atoms with E-state index in [4.69, 9.17) is 0 Å². The van der Waals surface area contributed by atoms with Crippen LogP contribution in [0, 0.1) is 5.95 Å². The lowest BCUT2D eigenvalue weighted by Gasteiger charge is -1.92. The van der Waals surface area contributed by atoms with Crippen LogP contribution < -0.4 is 0 Å². The fraction of sp³-hybridized carbons (Fsp3) is 0.